The molecule has 0 bridgehead atoms. The number of amides is 1. The first-order chi connectivity index (χ1) is 13.9. The van der Waals surface area contributed by atoms with Gasteiger partial charge in [-0.3, -0.25) is 25.8 Å². The predicted molar refractivity (Wildman–Crippen MR) is 108 cm³/mol. The largest absolute Gasteiger partial charge is 0.496 e. The molecule has 2 heterocycles. The van der Waals surface area contributed by atoms with Crippen molar-refractivity contribution in [1.82, 2.24) is 20.4 Å². The van der Waals surface area contributed by atoms with Crippen LogP contribution in [0.3, 0.4) is 0 Å². The van der Waals surface area contributed by atoms with Crippen LogP contribution in [0.2, 0.25) is 0 Å². The number of aryl methyl sites for hydroxylation is 2. The zero-order chi connectivity index (χ0) is 21.0. The third-order valence-corrected chi connectivity index (χ3v) is 4.89. The molecule has 0 saturated carbocycles. The lowest BCUT2D eigenvalue weighted by Crippen LogP contribution is -2.30. The highest BCUT2D eigenvalue weighted by atomic mass is 32.1. The minimum absolute atomic E-state index is 0.0483. The van der Waals surface area contributed by atoms with Crippen LogP contribution in [0.1, 0.15) is 20.9 Å². The van der Waals surface area contributed by atoms with Crippen molar-refractivity contribution in [3.63, 3.8) is 0 Å². The Morgan fingerprint density at radius 3 is 2.59 bits per heavy atom. The molecular formula is C17H17N7O4S. The quantitative estimate of drug-likeness (QED) is 0.392. The molecule has 3 N–H and O–H groups in total. The molecule has 0 fully saturated rings. The molecule has 3 aromatic rings. The Morgan fingerprint density at radius 1 is 1.21 bits per heavy atom. The first-order valence-electron chi connectivity index (χ1n) is 8.30. The van der Waals surface area contributed by atoms with Gasteiger partial charge in [0.15, 0.2) is 5.13 Å². The molecule has 1 aromatic carbocycles. The maximum absolute atomic E-state index is 12.4. The molecule has 0 aliphatic carbocycles. The number of benzene rings is 1. The van der Waals surface area contributed by atoms with Crippen LogP contribution >= 0.6 is 11.3 Å². The number of para-hydroxylation sites is 1. The second-order valence-electron chi connectivity index (χ2n) is 5.74. The Labute approximate surface area is 169 Å². The van der Waals surface area contributed by atoms with Crippen LogP contribution in [0.15, 0.2) is 30.6 Å². The minimum atomic E-state index is -0.646. The van der Waals surface area contributed by atoms with Gasteiger partial charge in [-0.2, -0.15) is 0 Å². The van der Waals surface area contributed by atoms with E-state index in [1.54, 1.807) is 24.3 Å². The van der Waals surface area contributed by atoms with Crippen molar-refractivity contribution in [3.05, 3.63) is 56.8 Å². The number of nitrogens with zero attached hydrogens (tertiary/aromatic N) is 4. The Morgan fingerprint density at radius 2 is 1.93 bits per heavy atom. The monoisotopic (exact) mass is 415 g/mol. The van der Waals surface area contributed by atoms with Crippen molar-refractivity contribution in [2.24, 2.45) is 0 Å². The highest BCUT2D eigenvalue weighted by Gasteiger charge is 2.25. The van der Waals surface area contributed by atoms with E-state index in [4.69, 9.17) is 4.74 Å². The number of anilines is 3. The lowest BCUT2D eigenvalue weighted by molar-refractivity contribution is -0.383. The van der Waals surface area contributed by atoms with E-state index in [9.17, 15) is 14.9 Å². The lowest BCUT2D eigenvalue weighted by atomic mass is 10.2. The number of carbonyl (C=O) groups is 1. The molecule has 0 spiro atoms. The molecule has 0 aliphatic rings. The molecule has 0 radical (unpaired) electrons. The summed E-state index contributed by atoms with van der Waals surface area (Å²) in [6, 6.07) is 6.58. The number of nitro groups is 1. The van der Waals surface area contributed by atoms with Gasteiger partial charge in [-0.15, -0.1) is 11.3 Å². The second kappa shape index (κ2) is 8.48. The fourth-order valence-electron chi connectivity index (χ4n) is 2.38. The Kier molecular flexibility index (Phi) is 5.83. The van der Waals surface area contributed by atoms with Crippen molar-refractivity contribution < 1.29 is 14.5 Å². The van der Waals surface area contributed by atoms with Gasteiger partial charge in [0.2, 0.25) is 11.6 Å². The Balaban J connectivity index is 1.84. The van der Waals surface area contributed by atoms with Crippen LogP contribution in [0.4, 0.5) is 22.5 Å². The molecule has 0 atom stereocenters. The molecule has 3 rings (SSSR count). The summed E-state index contributed by atoms with van der Waals surface area (Å²) in [6.07, 6.45) is 1.14. The molecule has 12 heteroatoms. The maximum atomic E-state index is 12.4. The van der Waals surface area contributed by atoms with Gasteiger partial charge in [-0.25, -0.2) is 15.0 Å². The molecule has 0 unspecified atom stereocenters. The summed E-state index contributed by atoms with van der Waals surface area (Å²) in [6.45, 7) is 3.73. The summed E-state index contributed by atoms with van der Waals surface area (Å²) >= 11 is 1.35. The third kappa shape index (κ3) is 4.38. The number of hydrogen-bond acceptors (Lipinski definition) is 10. The summed E-state index contributed by atoms with van der Waals surface area (Å²) in [5, 5.41) is 14.9. The number of thiazole rings is 1. The topological polar surface area (TPSA) is 144 Å². The molecule has 2 aromatic heterocycles. The van der Waals surface area contributed by atoms with Gasteiger partial charge in [0, 0.05) is 4.88 Å². The second-order valence-corrected chi connectivity index (χ2v) is 6.94. The molecule has 0 saturated heterocycles. The van der Waals surface area contributed by atoms with Crippen LogP contribution in [0.5, 0.6) is 5.75 Å². The highest BCUT2D eigenvalue weighted by Crippen LogP contribution is 2.32. The summed E-state index contributed by atoms with van der Waals surface area (Å²) in [7, 11) is 1.44. The molecule has 150 valence electrons. The maximum Gasteiger partial charge on any atom is 0.355 e. The number of ether oxygens (including phenoxy) is 1. The van der Waals surface area contributed by atoms with E-state index in [1.165, 1.54) is 18.4 Å². The number of rotatable bonds is 7. The highest BCUT2D eigenvalue weighted by molar-refractivity contribution is 7.15. The number of methoxy groups -OCH3 is 1. The van der Waals surface area contributed by atoms with E-state index in [1.807, 2.05) is 13.8 Å². The first kappa shape index (κ1) is 19.9. The van der Waals surface area contributed by atoms with E-state index in [2.05, 4.69) is 31.1 Å². The van der Waals surface area contributed by atoms with Crippen molar-refractivity contribution in [2.45, 2.75) is 13.8 Å². The van der Waals surface area contributed by atoms with E-state index in [-0.39, 0.29) is 17.2 Å². The smallest absolute Gasteiger partial charge is 0.355 e. The molecular weight excluding hydrogens is 398 g/mol. The number of hydrogen-bond donors (Lipinski definition) is 3. The average molecular weight is 415 g/mol. The van der Waals surface area contributed by atoms with Gasteiger partial charge in [-0.1, -0.05) is 12.1 Å². The van der Waals surface area contributed by atoms with Gasteiger partial charge in [-0.05, 0) is 26.0 Å². The summed E-state index contributed by atoms with van der Waals surface area (Å²) in [5.41, 5.74) is 5.51. The number of nitrogens with one attached hydrogen (secondary N) is 3. The van der Waals surface area contributed by atoms with Gasteiger partial charge < -0.3 is 10.1 Å². The van der Waals surface area contributed by atoms with Crippen LogP contribution in [-0.4, -0.2) is 32.9 Å². The molecule has 11 nitrogen and oxygen atoms in total. The van der Waals surface area contributed by atoms with Crippen molar-refractivity contribution in [1.29, 1.82) is 0 Å². The van der Waals surface area contributed by atoms with Crippen LogP contribution < -0.4 is 20.9 Å². The van der Waals surface area contributed by atoms with Crippen molar-refractivity contribution in [2.75, 3.05) is 17.9 Å². The SMILES string of the molecule is COc1ccccc1C(=O)NNc1ncnc(Nc2nc(C)c(C)s2)c1[N+](=O)[O-]. The van der Waals surface area contributed by atoms with E-state index in [0.717, 1.165) is 16.9 Å². The number of aromatic nitrogens is 3. The van der Waals surface area contributed by atoms with E-state index in [0.29, 0.717) is 10.9 Å². The van der Waals surface area contributed by atoms with E-state index >= 15 is 0 Å². The normalized spacial score (nSPS) is 10.3. The van der Waals surface area contributed by atoms with Crippen LogP contribution in [0, 0.1) is 24.0 Å². The zero-order valence-corrected chi connectivity index (χ0v) is 16.5. The summed E-state index contributed by atoms with van der Waals surface area (Å²) in [5.74, 6) is -0.412. The predicted octanol–water partition coefficient (Wildman–Crippen LogP) is 2.97. The average Bonchev–Trinajstić information content (AvgIpc) is 3.02. The fraction of sp³-hybridized carbons (Fsp3) is 0.176. The number of hydrazine groups is 1. The standard InChI is InChI=1S/C17H17N7O4S/c1-9-10(2)29-17(20-9)21-14-13(24(26)27)15(19-8-18-14)22-23-16(25)11-6-4-5-7-12(11)28-3/h4-8H,1-3H3,(H,23,25)(H2,18,19,20,21,22). The summed E-state index contributed by atoms with van der Waals surface area (Å²) in [4.78, 5) is 36.4. The van der Waals surface area contributed by atoms with Crippen LogP contribution in [0.25, 0.3) is 0 Å². The lowest BCUT2D eigenvalue weighted by Gasteiger charge is -2.11. The summed E-state index contributed by atoms with van der Waals surface area (Å²) < 4.78 is 5.14. The first-order valence-corrected chi connectivity index (χ1v) is 9.12. The van der Waals surface area contributed by atoms with Gasteiger partial charge >= 0.3 is 5.69 Å². The van der Waals surface area contributed by atoms with Crippen molar-refractivity contribution >= 4 is 39.7 Å². The van der Waals surface area contributed by atoms with Gasteiger partial charge in [0.1, 0.15) is 12.1 Å². The molecule has 1 amide bonds. The fourth-order valence-corrected chi connectivity index (χ4v) is 3.19. The molecule has 29 heavy (non-hydrogen) atoms. The third-order valence-electron chi connectivity index (χ3n) is 3.90. The van der Waals surface area contributed by atoms with Gasteiger partial charge in [0.05, 0.1) is 23.3 Å². The van der Waals surface area contributed by atoms with Crippen molar-refractivity contribution in [3.8, 4) is 5.75 Å². The minimum Gasteiger partial charge on any atom is -0.496 e. The van der Waals surface area contributed by atoms with Crippen LogP contribution in [-0.2, 0) is 0 Å². The Bertz CT molecular complexity index is 1050. The zero-order valence-electron chi connectivity index (χ0n) is 15.7. The number of carbonyl (C=O) groups excluding carboxylic acids is 1. The van der Waals surface area contributed by atoms with Gasteiger partial charge in [0.25, 0.3) is 5.91 Å². The van der Waals surface area contributed by atoms with E-state index < -0.39 is 16.5 Å². The Hall–Kier alpha value is -3.80. The molecule has 0 aliphatic heterocycles.